The zero-order valence-electron chi connectivity index (χ0n) is 10.2. The standard InChI is InChI=1S/C14H13BrN2O2/c15-11-7-10(8-12(16)9-11)14(18)19-6-4-13-3-1-2-5-17-13/h1-3,5,7-9H,4,6,16H2. The van der Waals surface area contributed by atoms with Crippen LogP contribution in [0.2, 0.25) is 0 Å². The van der Waals surface area contributed by atoms with E-state index < -0.39 is 0 Å². The highest BCUT2D eigenvalue weighted by atomic mass is 79.9. The van der Waals surface area contributed by atoms with Gasteiger partial charge in [0, 0.05) is 28.5 Å². The minimum Gasteiger partial charge on any atom is -0.462 e. The molecule has 19 heavy (non-hydrogen) atoms. The van der Waals surface area contributed by atoms with Gasteiger partial charge in [-0.2, -0.15) is 0 Å². The molecule has 5 heteroatoms. The molecule has 0 saturated heterocycles. The third-order valence-electron chi connectivity index (χ3n) is 2.47. The van der Waals surface area contributed by atoms with Crippen LogP contribution < -0.4 is 5.73 Å². The van der Waals surface area contributed by atoms with Crippen molar-refractivity contribution in [3.63, 3.8) is 0 Å². The van der Waals surface area contributed by atoms with Gasteiger partial charge in [0.05, 0.1) is 12.2 Å². The molecule has 1 heterocycles. The Hall–Kier alpha value is -1.88. The summed E-state index contributed by atoms with van der Waals surface area (Å²) in [7, 11) is 0. The van der Waals surface area contributed by atoms with Crippen molar-refractivity contribution in [2.75, 3.05) is 12.3 Å². The molecule has 1 aromatic carbocycles. The first-order valence-electron chi connectivity index (χ1n) is 5.78. The van der Waals surface area contributed by atoms with Crippen LogP contribution in [-0.4, -0.2) is 17.6 Å². The summed E-state index contributed by atoms with van der Waals surface area (Å²) < 4.78 is 5.94. The van der Waals surface area contributed by atoms with Crippen LogP contribution in [0.3, 0.4) is 0 Å². The number of nitrogens with two attached hydrogens (primary N) is 1. The smallest absolute Gasteiger partial charge is 0.338 e. The van der Waals surface area contributed by atoms with E-state index in [0.29, 0.717) is 24.3 Å². The molecular weight excluding hydrogens is 308 g/mol. The Labute approximate surface area is 119 Å². The molecule has 0 fully saturated rings. The van der Waals surface area contributed by atoms with E-state index in [4.69, 9.17) is 10.5 Å². The van der Waals surface area contributed by atoms with E-state index in [2.05, 4.69) is 20.9 Å². The van der Waals surface area contributed by atoms with E-state index in [1.807, 2.05) is 18.2 Å². The molecule has 98 valence electrons. The summed E-state index contributed by atoms with van der Waals surface area (Å²) in [6.45, 7) is 0.294. The largest absolute Gasteiger partial charge is 0.462 e. The fourth-order valence-electron chi connectivity index (χ4n) is 1.61. The number of pyridine rings is 1. The Morgan fingerprint density at radius 1 is 1.32 bits per heavy atom. The van der Waals surface area contributed by atoms with Crippen LogP contribution in [0.25, 0.3) is 0 Å². The van der Waals surface area contributed by atoms with Gasteiger partial charge in [-0.1, -0.05) is 22.0 Å². The van der Waals surface area contributed by atoms with Gasteiger partial charge >= 0.3 is 5.97 Å². The number of benzene rings is 1. The second-order valence-electron chi connectivity index (χ2n) is 3.98. The number of hydrogen-bond donors (Lipinski definition) is 1. The molecule has 0 bridgehead atoms. The van der Waals surface area contributed by atoms with Gasteiger partial charge < -0.3 is 10.5 Å². The molecule has 0 radical (unpaired) electrons. The van der Waals surface area contributed by atoms with Gasteiger partial charge in [0.2, 0.25) is 0 Å². The second-order valence-corrected chi connectivity index (χ2v) is 4.90. The van der Waals surface area contributed by atoms with Crippen molar-refractivity contribution in [3.05, 3.63) is 58.3 Å². The van der Waals surface area contributed by atoms with Crippen molar-refractivity contribution in [2.24, 2.45) is 0 Å². The number of hydrogen-bond acceptors (Lipinski definition) is 4. The molecule has 0 aliphatic heterocycles. The number of carbonyl (C=O) groups excluding carboxylic acids is 1. The Morgan fingerprint density at radius 3 is 2.84 bits per heavy atom. The van der Waals surface area contributed by atoms with Crippen molar-refractivity contribution in [1.29, 1.82) is 0 Å². The lowest BCUT2D eigenvalue weighted by Gasteiger charge is -2.06. The van der Waals surface area contributed by atoms with E-state index in [-0.39, 0.29) is 5.97 Å². The lowest BCUT2D eigenvalue weighted by atomic mass is 10.2. The molecule has 0 aliphatic rings. The summed E-state index contributed by atoms with van der Waals surface area (Å²) in [5.74, 6) is -0.385. The van der Waals surface area contributed by atoms with Gasteiger partial charge in [-0.25, -0.2) is 4.79 Å². The first-order valence-corrected chi connectivity index (χ1v) is 6.57. The maximum atomic E-state index is 11.8. The Kier molecular flexibility index (Phi) is 4.52. The second kappa shape index (κ2) is 6.33. The van der Waals surface area contributed by atoms with Crippen molar-refractivity contribution in [2.45, 2.75) is 6.42 Å². The number of anilines is 1. The number of ether oxygens (including phenoxy) is 1. The lowest BCUT2D eigenvalue weighted by Crippen LogP contribution is -2.09. The normalized spacial score (nSPS) is 10.2. The van der Waals surface area contributed by atoms with Gasteiger partial charge in [0.25, 0.3) is 0 Å². The van der Waals surface area contributed by atoms with E-state index in [1.165, 1.54) is 0 Å². The minimum atomic E-state index is -0.385. The third kappa shape index (κ3) is 4.06. The Bertz CT molecular complexity index is 553. The maximum Gasteiger partial charge on any atom is 0.338 e. The summed E-state index contributed by atoms with van der Waals surface area (Å²) in [4.78, 5) is 16.0. The summed E-state index contributed by atoms with van der Waals surface area (Å²) in [5, 5.41) is 0. The highest BCUT2D eigenvalue weighted by Crippen LogP contribution is 2.18. The molecule has 4 nitrogen and oxygen atoms in total. The first kappa shape index (κ1) is 13.5. The van der Waals surface area contributed by atoms with Gasteiger partial charge in [-0.3, -0.25) is 4.98 Å². The number of aromatic nitrogens is 1. The SMILES string of the molecule is Nc1cc(Br)cc(C(=O)OCCc2ccccn2)c1. The van der Waals surface area contributed by atoms with E-state index in [1.54, 1.807) is 24.4 Å². The monoisotopic (exact) mass is 320 g/mol. The van der Waals surface area contributed by atoms with Crippen LogP contribution in [0.5, 0.6) is 0 Å². The highest BCUT2D eigenvalue weighted by molar-refractivity contribution is 9.10. The molecule has 0 aliphatic carbocycles. The average molecular weight is 321 g/mol. The van der Waals surface area contributed by atoms with Crippen molar-refractivity contribution >= 4 is 27.6 Å². The molecule has 0 spiro atoms. The zero-order chi connectivity index (χ0) is 13.7. The predicted molar refractivity (Wildman–Crippen MR) is 76.8 cm³/mol. The van der Waals surface area contributed by atoms with E-state index >= 15 is 0 Å². The maximum absolute atomic E-state index is 11.8. The fraction of sp³-hybridized carbons (Fsp3) is 0.143. The van der Waals surface area contributed by atoms with Crippen LogP contribution in [-0.2, 0) is 11.2 Å². The molecule has 2 rings (SSSR count). The number of nitrogen functional groups attached to an aromatic ring is 1. The molecule has 0 saturated carbocycles. The van der Waals surface area contributed by atoms with E-state index in [9.17, 15) is 4.79 Å². The number of nitrogens with zero attached hydrogens (tertiary/aromatic N) is 1. The molecule has 0 unspecified atom stereocenters. The quantitative estimate of drug-likeness (QED) is 0.695. The molecular formula is C14H13BrN2O2. The number of esters is 1. The van der Waals surface area contributed by atoms with Crippen LogP contribution in [0, 0.1) is 0 Å². The molecule has 0 atom stereocenters. The van der Waals surface area contributed by atoms with Crippen LogP contribution in [0.1, 0.15) is 16.1 Å². The molecule has 2 aromatic rings. The topological polar surface area (TPSA) is 65.2 Å². The summed E-state index contributed by atoms with van der Waals surface area (Å²) in [6.07, 6.45) is 2.31. The van der Waals surface area contributed by atoms with Gasteiger partial charge in [-0.05, 0) is 30.3 Å². The molecule has 2 N–H and O–H groups in total. The minimum absolute atomic E-state index is 0.294. The molecule has 1 aromatic heterocycles. The summed E-state index contributed by atoms with van der Waals surface area (Å²) >= 11 is 3.29. The van der Waals surface area contributed by atoms with Gasteiger partial charge in [-0.15, -0.1) is 0 Å². The van der Waals surface area contributed by atoms with Crippen LogP contribution in [0.4, 0.5) is 5.69 Å². The lowest BCUT2D eigenvalue weighted by molar-refractivity contribution is 0.0508. The third-order valence-corrected chi connectivity index (χ3v) is 2.93. The molecule has 0 amide bonds. The summed E-state index contributed by atoms with van der Waals surface area (Å²) in [5.41, 5.74) is 7.52. The van der Waals surface area contributed by atoms with Crippen LogP contribution in [0.15, 0.2) is 47.1 Å². The highest BCUT2D eigenvalue weighted by Gasteiger charge is 2.08. The summed E-state index contributed by atoms with van der Waals surface area (Å²) in [6, 6.07) is 10.6. The van der Waals surface area contributed by atoms with E-state index in [0.717, 1.165) is 10.2 Å². The van der Waals surface area contributed by atoms with Crippen LogP contribution >= 0.6 is 15.9 Å². The first-order chi connectivity index (χ1) is 9.15. The average Bonchev–Trinajstić information content (AvgIpc) is 2.38. The van der Waals surface area contributed by atoms with Gasteiger partial charge in [0.1, 0.15) is 0 Å². The van der Waals surface area contributed by atoms with Crippen molar-refractivity contribution in [3.8, 4) is 0 Å². The van der Waals surface area contributed by atoms with Gasteiger partial charge in [0.15, 0.2) is 0 Å². The number of rotatable bonds is 4. The predicted octanol–water partition coefficient (Wildman–Crippen LogP) is 2.83. The fourth-order valence-corrected chi connectivity index (χ4v) is 2.12. The zero-order valence-corrected chi connectivity index (χ0v) is 11.8. The van der Waals surface area contributed by atoms with Crippen molar-refractivity contribution in [1.82, 2.24) is 4.98 Å². The Morgan fingerprint density at radius 2 is 2.16 bits per heavy atom. The Balaban J connectivity index is 1.91. The number of carbonyl (C=O) groups is 1. The number of halogens is 1. The van der Waals surface area contributed by atoms with Crippen molar-refractivity contribution < 1.29 is 9.53 Å².